The Kier molecular flexibility index (Phi) is 5.71. The molecular weight excluding hydrogens is 456 g/mol. The Labute approximate surface area is 232 Å². The molecule has 0 aromatic heterocycles. The Balaban J connectivity index is 1.19. The molecule has 7 aliphatic rings. The predicted octanol–water partition coefficient (Wildman–Crippen LogP) is 10.5. The normalized spacial score (nSPS) is 36.9. The largest absolute Gasteiger partial charge is 0.0847 e. The highest BCUT2D eigenvalue weighted by Crippen LogP contribution is 2.62. The lowest BCUT2D eigenvalue weighted by atomic mass is 9.68. The third-order valence-electron chi connectivity index (χ3n) is 11.9. The second-order valence-corrected chi connectivity index (χ2v) is 14.9. The van der Waals surface area contributed by atoms with Gasteiger partial charge in [-0.3, -0.25) is 0 Å². The van der Waals surface area contributed by atoms with Crippen molar-refractivity contribution >= 4 is 0 Å². The van der Waals surface area contributed by atoms with Crippen LogP contribution in [0.4, 0.5) is 0 Å². The molecule has 7 rings (SSSR count). The Morgan fingerprint density at radius 3 is 2.50 bits per heavy atom. The van der Waals surface area contributed by atoms with Gasteiger partial charge in [-0.25, -0.2) is 0 Å². The highest BCUT2D eigenvalue weighted by atomic mass is 14.6. The zero-order chi connectivity index (χ0) is 26.4. The minimum atomic E-state index is 0.140. The maximum atomic E-state index is 2.76. The van der Waals surface area contributed by atoms with E-state index in [1.54, 1.807) is 39.0 Å². The molecule has 38 heavy (non-hydrogen) atoms. The van der Waals surface area contributed by atoms with Crippen LogP contribution in [-0.4, -0.2) is 0 Å². The quantitative estimate of drug-likeness (QED) is 0.328. The van der Waals surface area contributed by atoms with E-state index in [0.29, 0.717) is 17.3 Å². The first-order chi connectivity index (χ1) is 18.1. The van der Waals surface area contributed by atoms with Crippen molar-refractivity contribution in [3.63, 3.8) is 0 Å². The second-order valence-electron chi connectivity index (χ2n) is 14.9. The monoisotopic (exact) mass is 504 g/mol. The highest BCUT2D eigenvalue weighted by molar-refractivity contribution is 5.60. The molecule has 5 unspecified atom stereocenters. The maximum absolute atomic E-state index is 2.76. The number of fused-ring (bicyclic) bond motifs is 5. The number of hydrogen-bond acceptors (Lipinski definition) is 0. The maximum Gasteiger partial charge on any atom is 0.0114 e. The van der Waals surface area contributed by atoms with Crippen molar-refractivity contribution in [1.82, 2.24) is 0 Å². The molecule has 7 aliphatic carbocycles. The van der Waals surface area contributed by atoms with Crippen molar-refractivity contribution in [3.8, 4) is 0 Å². The van der Waals surface area contributed by atoms with E-state index in [1.807, 2.05) is 5.57 Å². The molecule has 0 radical (unpaired) electrons. The molecule has 0 saturated heterocycles. The minimum absolute atomic E-state index is 0.140. The zero-order valence-electron chi connectivity index (χ0n) is 24.8. The first kappa shape index (κ1) is 24.9. The van der Waals surface area contributed by atoms with Crippen LogP contribution in [0.15, 0.2) is 92.7 Å². The summed E-state index contributed by atoms with van der Waals surface area (Å²) in [5.74, 6) is 3.63. The molecule has 0 heteroatoms. The minimum Gasteiger partial charge on any atom is -0.0847 e. The molecular formula is C38H48. The number of rotatable bonds is 2. The van der Waals surface area contributed by atoms with Gasteiger partial charge in [0, 0.05) is 11.3 Å². The SMILES string of the molecule is CC1=CC(C)CC(C2=CC3=C(CC2)C2CC=C(C4=CC5C(CC4)C4=CCCCC4C5(C)C)C=C2C3(C)C)=C1. The summed E-state index contributed by atoms with van der Waals surface area (Å²) in [5, 5.41) is 0. The van der Waals surface area contributed by atoms with Crippen LogP contribution in [0, 0.1) is 40.4 Å². The highest BCUT2D eigenvalue weighted by Gasteiger charge is 2.52. The van der Waals surface area contributed by atoms with Crippen molar-refractivity contribution in [2.45, 2.75) is 99.3 Å². The van der Waals surface area contributed by atoms with Crippen LogP contribution >= 0.6 is 0 Å². The van der Waals surface area contributed by atoms with Gasteiger partial charge in [0.05, 0.1) is 0 Å². The molecule has 0 nitrogen and oxygen atoms in total. The average molecular weight is 505 g/mol. The van der Waals surface area contributed by atoms with E-state index in [-0.39, 0.29) is 5.41 Å². The summed E-state index contributed by atoms with van der Waals surface area (Å²) in [7, 11) is 0. The van der Waals surface area contributed by atoms with Crippen molar-refractivity contribution in [1.29, 1.82) is 0 Å². The number of hydrogen-bond donors (Lipinski definition) is 0. The topological polar surface area (TPSA) is 0 Å². The summed E-state index contributed by atoms with van der Waals surface area (Å²) in [6, 6.07) is 0. The van der Waals surface area contributed by atoms with Gasteiger partial charge < -0.3 is 0 Å². The summed E-state index contributed by atoms with van der Waals surface area (Å²) < 4.78 is 0. The van der Waals surface area contributed by atoms with E-state index < -0.39 is 0 Å². The van der Waals surface area contributed by atoms with Crippen molar-refractivity contribution in [2.24, 2.45) is 40.4 Å². The lowest BCUT2D eigenvalue weighted by Crippen LogP contribution is -2.28. The fraction of sp³-hybridized carbons (Fsp3) is 0.579. The predicted molar refractivity (Wildman–Crippen MR) is 162 cm³/mol. The molecule has 0 bridgehead atoms. The van der Waals surface area contributed by atoms with E-state index in [2.05, 4.69) is 84.1 Å². The van der Waals surface area contributed by atoms with Crippen LogP contribution < -0.4 is 0 Å². The summed E-state index contributed by atoms with van der Waals surface area (Å²) in [6.07, 6.45) is 29.8. The van der Waals surface area contributed by atoms with Crippen LogP contribution in [0.2, 0.25) is 0 Å². The molecule has 1 fully saturated rings. The number of allylic oxidation sites excluding steroid dienone is 16. The van der Waals surface area contributed by atoms with Crippen molar-refractivity contribution < 1.29 is 0 Å². The molecule has 5 atom stereocenters. The van der Waals surface area contributed by atoms with Gasteiger partial charge in [0.15, 0.2) is 0 Å². The van der Waals surface area contributed by atoms with Gasteiger partial charge in [-0.1, -0.05) is 99.4 Å². The summed E-state index contributed by atoms with van der Waals surface area (Å²) in [5.41, 5.74) is 15.4. The second kappa shape index (κ2) is 8.71. The molecule has 1 saturated carbocycles. The molecule has 0 aliphatic heterocycles. The lowest BCUT2D eigenvalue weighted by Gasteiger charge is -2.36. The fourth-order valence-corrected chi connectivity index (χ4v) is 10.0. The Morgan fingerprint density at radius 2 is 1.68 bits per heavy atom. The zero-order valence-corrected chi connectivity index (χ0v) is 24.8. The standard InChI is InChI=1S/C38H48/c1-23-17-24(2)19-28(18-23)27-13-16-32-31-15-12-26(21-35(31)38(5,6)36(32)22-27)25-11-14-30-29-9-7-8-10-33(29)37(3,4)34(30)20-25/h9,12,17-18,20-22,24,30-31,33-34H,7-8,10-11,13-16,19H2,1-6H3. The molecule has 200 valence electrons. The summed E-state index contributed by atoms with van der Waals surface area (Å²) in [4.78, 5) is 0. The van der Waals surface area contributed by atoms with Crippen LogP contribution in [0.3, 0.4) is 0 Å². The summed E-state index contributed by atoms with van der Waals surface area (Å²) >= 11 is 0. The van der Waals surface area contributed by atoms with Gasteiger partial charge in [-0.15, -0.1) is 0 Å². The first-order valence-electron chi connectivity index (χ1n) is 15.8. The van der Waals surface area contributed by atoms with Gasteiger partial charge in [-0.05, 0) is 122 Å². The molecule has 0 N–H and O–H groups in total. The lowest BCUT2D eigenvalue weighted by molar-refractivity contribution is 0.192. The van der Waals surface area contributed by atoms with Gasteiger partial charge in [0.1, 0.15) is 0 Å². The van der Waals surface area contributed by atoms with E-state index in [9.17, 15) is 0 Å². The van der Waals surface area contributed by atoms with Crippen LogP contribution in [0.1, 0.15) is 99.3 Å². The van der Waals surface area contributed by atoms with Gasteiger partial charge in [0.25, 0.3) is 0 Å². The van der Waals surface area contributed by atoms with E-state index in [4.69, 9.17) is 0 Å². The van der Waals surface area contributed by atoms with Gasteiger partial charge >= 0.3 is 0 Å². The third kappa shape index (κ3) is 3.68. The van der Waals surface area contributed by atoms with Crippen LogP contribution in [0.5, 0.6) is 0 Å². The fourth-order valence-electron chi connectivity index (χ4n) is 10.0. The van der Waals surface area contributed by atoms with Crippen LogP contribution in [-0.2, 0) is 0 Å². The Bertz CT molecular complexity index is 1320. The van der Waals surface area contributed by atoms with Gasteiger partial charge in [0.2, 0.25) is 0 Å². The smallest absolute Gasteiger partial charge is 0.0114 e. The third-order valence-corrected chi connectivity index (χ3v) is 11.9. The Hall–Kier alpha value is -2.08. The van der Waals surface area contributed by atoms with Crippen LogP contribution in [0.25, 0.3) is 0 Å². The molecule has 0 amide bonds. The molecule has 0 heterocycles. The van der Waals surface area contributed by atoms with E-state index >= 15 is 0 Å². The van der Waals surface area contributed by atoms with Crippen molar-refractivity contribution in [2.75, 3.05) is 0 Å². The van der Waals surface area contributed by atoms with E-state index in [1.165, 1.54) is 63.4 Å². The molecule has 0 spiro atoms. The first-order valence-corrected chi connectivity index (χ1v) is 15.8. The molecule has 0 aromatic carbocycles. The van der Waals surface area contributed by atoms with Crippen molar-refractivity contribution in [3.05, 3.63) is 92.7 Å². The Morgan fingerprint density at radius 1 is 0.842 bits per heavy atom. The molecule has 0 aromatic rings. The average Bonchev–Trinajstić information content (AvgIpc) is 3.27. The van der Waals surface area contributed by atoms with E-state index in [0.717, 1.165) is 17.8 Å². The van der Waals surface area contributed by atoms with Gasteiger partial charge in [-0.2, -0.15) is 0 Å². The summed E-state index contributed by atoms with van der Waals surface area (Å²) in [6.45, 7) is 14.8.